The number of Topliss-reactive ketones (excluding diaryl/α,β-unsaturated/α-hetero) is 1. The minimum Gasteiger partial charge on any atom is -0.481 e. The summed E-state index contributed by atoms with van der Waals surface area (Å²) in [6.45, 7) is 12.4. The number of aliphatic carboxylic acids is 1. The van der Waals surface area contributed by atoms with Crippen molar-refractivity contribution in [1.82, 2.24) is 20.1 Å². The molecule has 2 aliphatic heterocycles. The summed E-state index contributed by atoms with van der Waals surface area (Å²) in [4.78, 5) is 62.3. The van der Waals surface area contributed by atoms with Gasteiger partial charge in [-0.25, -0.2) is 4.98 Å². The third-order valence-corrected chi connectivity index (χ3v) is 12.7. The van der Waals surface area contributed by atoms with Crippen molar-refractivity contribution in [3.05, 3.63) is 52.0 Å². The number of piperidine rings is 2. The van der Waals surface area contributed by atoms with Crippen molar-refractivity contribution in [2.24, 2.45) is 29.6 Å². The normalized spacial score (nSPS) is 22.3. The van der Waals surface area contributed by atoms with Gasteiger partial charge in [-0.15, -0.1) is 11.3 Å². The Balaban J connectivity index is 1.48. The Morgan fingerprint density at radius 1 is 1.04 bits per heavy atom. The Morgan fingerprint density at radius 3 is 2.29 bits per heavy atom. The molecule has 11 heteroatoms. The molecule has 3 aliphatic rings. The van der Waals surface area contributed by atoms with Crippen molar-refractivity contribution in [3.63, 3.8) is 0 Å². The maximum Gasteiger partial charge on any atom is 0.306 e. The molecule has 2 N–H and O–H groups in total. The minimum absolute atomic E-state index is 0.000442. The Bertz CT molecular complexity index is 1470. The highest BCUT2D eigenvalue weighted by Crippen LogP contribution is 2.40. The number of carboxylic acids is 1. The molecule has 2 amide bonds. The van der Waals surface area contributed by atoms with E-state index in [0.29, 0.717) is 36.4 Å². The van der Waals surface area contributed by atoms with Gasteiger partial charge >= 0.3 is 5.97 Å². The van der Waals surface area contributed by atoms with E-state index in [1.165, 1.54) is 11.3 Å². The van der Waals surface area contributed by atoms with Gasteiger partial charge in [-0.2, -0.15) is 0 Å². The molecule has 7 atom stereocenters. The van der Waals surface area contributed by atoms with Crippen molar-refractivity contribution in [2.75, 3.05) is 20.7 Å². The number of nitrogens with zero attached hydrogens (tertiary/aromatic N) is 3. The molecule has 5 rings (SSSR count). The number of thiazole rings is 1. The van der Waals surface area contributed by atoms with Crippen molar-refractivity contribution < 1.29 is 29.0 Å². The molecule has 52 heavy (non-hydrogen) atoms. The van der Waals surface area contributed by atoms with E-state index in [2.05, 4.69) is 45.0 Å². The van der Waals surface area contributed by atoms with E-state index in [-0.39, 0.29) is 60.1 Å². The number of likely N-dealkylation sites (N-methyl/N-ethyl adjacent to an activating group) is 1. The molecule has 3 heterocycles. The zero-order valence-corrected chi connectivity index (χ0v) is 33.4. The fourth-order valence-corrected chi connectivity index (χ4v) is 9.27. The van der Waals surface area contributed by atoms with Crippen molar-refractivity contribution in [1.29, 1.82) is 0 Å². The maximum absolute atomic E-state index is 14.4. The Labute approximate surface area is 315 Å². The van der Waals surface area contributed by atoms with Gasteiger partial charge in [-0.1, -0.05) is 71.4 Å². The van der Waals surface area contributed by atoms with Crippen LogP contribution in [0.15, 0.2) is 35.7 Å². The number of hydrogen-bond donors (Lipinski definition) is 2. The summed E-state index contributed by atoms with van der Waals surface area (Å²) in [5.41, 5.74) is 1.26. The van der Waals surface area contributed by atoms with Gasteiger partial charge in [0.15, 0.2) is 5.78 Å². The number of carboxylic acid groups (broad SMARTS) is 1. The standard InChI is InChI=1S/C41H62N4O6S/c1-9-26(5)32(22-35(46)37-29-16-18-31(19-17-29)44(37)7)40(48)45(8)34(25(3)4)23-36(51-10-2)39-43-33(24-52-39)38(47)42-30(20-27(6)41(49)50)21-28-14-12-11-13-15-28/h11-15,24-27,29-32,34,36-37H,9-10,16-23H2,1-8H3,(H,42,47)(H,49,50)/t26-,27-,29?,30+,31?,32-,34+,36+,37+/m0/s1. The molecule has 10 nitrogen and oxygen atoms in total. The molecule has 3 fully saturated rings. The van der Waals surface area contributed by atoms with E-state index >= 15 is 0 Å². The Hall–Kier alpha value is -3.15. The van der Waals surface area contributed by atoms with Gasteiger partial charge in [0.05, 0.1) is 12.0 Å². The first-order valence-corrected chi connectivity index (χ1v) is 20.3. The number of fused-ring (bicyclic) bond motifs is 3. The number of rotatable bonds is 20. The number of aromatic nitrogens is 1. The number of carbonyl (C=O) groups excluding carboxylic acids is 3. The molecule has 288 valence electrons. The molecule has 1 aliphatic carbocycles. The predicted molar refractivity (Wildman–Crippen MR) is 205 cm³/mol. The van der Waals surface area contributed by atoms with Crippen molar-refractivity contribution >= 4 is 34.9 Å². The third-order valence-electron chi connectivity index (χ3n) is 11.8. The molecule has 0 radical (unpaired) electrons. The lowest BCUT2D eigenvalue weighted by molar-refractivity contribution is -0.145. The molecule has 1 aromatic heterocycles. The summed E-state index contributed by atoms with van der Waals surface area (Å²) in [7, 11) is 3.94. The average Bonchev–Trinajstić information content (AvgIpc) is 3.62. The van der Waals surface area contributed by atoms with Gasteiger partial charge < -0.3 is 20.1 Å². The van der Waals surface area contributed by atoms with Crippen molar-refractivity contribution in [2.45, 2.75) is 130 Å². The molecule has 1 saturated carbocycles. The fraction of sp³-hybridized carbons (Fsp3) is 0.683. The van der Waals surface area contributed by atoms with E-state index in [0.717, 1.165) is 37.7 Å². The van der Waals surface area contributed by atoms with Crippen LogP contribution in [0, 0.1) is 29.6 Å². The van der Waals surface area contributed by atoms with Gasteiger partial charge in [0, 0.05) is 55.9 Å². The van der Waals surface area contributed by atoms with Crippen LogP contribution < -0.4 is 5.32 Å². The van der Waals surface area contributed by atoms with E-state index in [4.69, 9.17) is 9.72 Å². The minimum atomic E-state index is -0.906. The monoisotopic (exact) mass is 738 g/mol. The molecule has 0 unspecified atom stereocenters. The van der Waals surface area contributed by atoms with Crippen LogP contribution in [-0.2, 0) is 25.5 Å². The van der Waals surface area contributed by atoms with Crippen molar-refractivity contribution in [3.8, 4) is 0 Å². The van der Waals surface area contributed by atoms with Gasteiger partial charge in [-0.3, -0.25) is 24.1 Å². The highest BCUT2D eigenvalue weighted by atomic mass is 32.1. The third kappa shape index (κ3) is 10.5. The first kappa shape index (κ1) is 41.6. The van der Waals surface area contributed by atoms with Gasteiger partial charge in [-0.05, 0) is 75.8 Å². The highest BCUT2D eigenvalue weighted by Gasteiger charge is 2.45. The number of amides is 2. The van der Waals surface area contributed by atoms with E-state index in [9.17, 15) is 24.3 Å². The molecule has 2 aromatic rings. The lowest BCUT2D eigenvalue weighted by Crippen LogP contribution is -2.57. The number of nitrogens with one attached hydrogen (secondary N) is 1. The van der Waals surface area contributed by atoms with Crippen LogP contribution in [0.3, 0.4) is 0 Å². The first-order chi connectivity index (χ1) is 24.7. The second-order valence-corrected chi connectivity index (χ2v) is 16.6. The molecular weight excluding hydrogens is 677 g/mol. The largest absolute Gasteiger partial charge is 0.481 e. The first-order valence-electron chi connectivity index (χ1n) is 19.4. The van der Waals surface area contributed by atoms with Crippen LogP contribution in [0.5, 0.6) is 0 Å². The lowest BCUT2D eigenvalue weighted by Gasteiger charge is -2.49. The fourth-order valence-electron chi connectivity index (χ4n) is 8.41. The van der Waals surface area contributed by atoms with Gasteiger partial charge in [0.1, 0.15) is 16.8 Å². The number of benzene rings is 1. The predicted octanol–water partition coefficient (Wildman–Crippen LogP) is 7.04. The average molecular weight is 739 g/mol. The summed E-state index contributed by atoms with van der Waals surface area (Å²) < 4.78 is 6.24. The zero-order chi connectivity index (χ0) is 38.1. The van der Waals surface area contributed by atoms with E-state index in [1.807, 2.05) is 49.2 Å². The molecule has 2 saturated heterocycles. The van der Waals surface area contributed by atoms with Crippen LogP contribution in [0.2, 0.25) is 0 Å². The second-order valence-electron chi connectivity index (χ2n) is 15.7. The van der Waals surface area contributed by atoms with Crippen LogP contribution in [0.25, 0.3) is 0 Å². The highest BCUT2D eigenvalue weighted by molar-refractivity contribution is 7.09. The quantitative estimate of drug-likeness (QED) is 0.148. The molecule has 0 spiro atoms. The number of ketones is 1. The van der Waals surface area contributed by atoms with Gasteiger partial charge in [0.2, 0.25) is 5.91 Å². The second kappa shape index (κ2) is 19.3. The summed E-state index contributed by atoms with van der Waals surface area (Å²) in [5.74, 6) is -1.54. The van der Waals surface area contributed by atoms with E-state index in [1.54, 1.807) is 12.3 Å². The maximum atomic E-state index is 14.4. The van der Waals surface area contributed by atoms with Gasteiger partial charge in [0.25, 0.3) is 5.91 Å². The van der Waals surface area contributed by atoms with Crippen LogP contribution >= 0.6 is 11.3 Å². The molecule has 2 bridgehead atoms. The molecular formula is C41H62N4O6S. The lowest BCUT2D eigenvalue weighted by atomic mass is 9.72. The summed E-state index contributed by atoms with van der Waals surface area (Å²) in [6.07, 6.45) is 6.41. The number of carbonyl (C=O) groups is 4. The summed E-state index contributed by atoms with van der Waals surface area (Å²) >= 11 is 1.35. The zero-order valence-electron chi connectivity index (χ0n) is 32.5. The number of ether oxygens (including phenoxy) is 1. The van der Waals surface area contributed by atoms with E-state index < -0.39 is 30.0 Å². The summed E-state index contributed by atoms with van der Waals surface area (Å²) in [5, 5.41) is 15.0. The SMILES string of the molecule is CCO[C@H](C[C@H](C(C)C)N(C)C(=O)[C@@H](CC(=O)[C@H]1C2CCC(CC2)N1C)[C@@H](C)CC)c1nc(C(=O)N[C@@H](Cc2ccccc2)C[C@H](C)C(=O)O)cs1. The van der Waals surface area contributed by atoms with Crippen LogP contribution in [0.1, 0.15) is 120 Å². The topological polar surface area (TPSA) is 129 Å². The summed E-state index contributed by atoms with van der Waals surface area (Å²) in [6, 6.07) is 9.50. The molecule has 1 aromatic carbocycles. The van der Waals surface area contributed by atoms with Crippen LogP contribution in [0.4, 0.5) is 0 Å². The number of hydrogen-bond acceptors (Lipinski definition) is 8. The Kier molecular flexibility index (Phi) is 15.4. The van der Waals surface area contributed by atoms with Crippen LogP contribution in [-0.4, -0.2) is 88.3 Å². The Morgan fingerprint density at radius 2 is 1.71 bits per heavy atom. The smallest absolute Gasteiger partial charge is 0.306 e.